The molecule has 0 amide bonds. The maximum absolute atomic E-state index is 3.77. The topological polar surface area (TPSA) is 15.3 Å². The number of piperazine rings is 1. The number of thiophene rings is 1. The zero-order chi connectivity index (χ0) is 14.7. The Morgan fingerprint density at radius 3 is 2.65 bits per heavy atom. The minimum absolute atomic E-state index is 0.658. The fourth-order valence-corrected chi connectivity index (χ4v) is 4.15. The summed E-state index contributed by atoms with van der Waals surface area (Å²) in [6.45, 7) is 15.0. The standard InChI is InChI=1S/C17H30N2S/c1-12(2)8-15-10-19(16(9-18-15)13(3)4)11-17-14(5)6-7-20-17/h6-7,12-13,15-16,18H,8-11H2,1-5H3. The summed E-state index contributed by atoms with van der Waals surface area (Å²) in [5, 5.41) is 5.99. The summed E-state index contributed by atoms with van der Waals surface area (Å²) in [5.74, 6) is 1.48. The molecule has 0 radical (unpaired) electrons. The summed E-state index contributed by atoms with van der Waals surface area (Å²) in [4.78, 5) is 4.26. The second kappa shape index (κ2) is 7.06. The van der Waals surface area contributed by atoms with Crippen molar-refractivity contribution in [1.29, 1.82) is 0 Å². The quantitative estimate of drug-likeness (QED) is 0.886. The monoisotopic (exact) mass is 294 g/mol. The molecular formula is C17H30N2S. The van der Waals surface area contributed by atoms with Crippen LogP contribution in [0.4, 0.5) is 0 Å². The van der Waals surface area contributed by atoms with Crippen molar-refractivity contribution in [2.45, 2.75) is 59.7 Å². The first-order chi connectivity index (χ1) is 9.47. The van der Waals surface area contributed by atoms with E-state index in [4.69, 9.17) is 0 Å². The molecule has 2 nitrogen and oxygen atoms in total. The summed E-state index contributed by atoms with van der Waals surface area (Å²) in [7, 11) is 0. The van der Waals surface area contributed by atoms with E-state index in [1.54, 1.807) is 4.88 Å². The highest BCUT2D eigenvalue weighted by molar-refractivity contribution is 7.10. The van der Waals surface area contributed by atoms with Crippen molar-refractivity contribution >= 4 is 11.3 Å². The summed E-state index contributed by atoms with van der Waals surface area (Å²) in [5.41, 5.74) is 1.46. The lowest BCUT2D eigenvalue weighted by Crippen LogP contribution is -2.58. The molecule has 0 aromatic carbocycles. The largest absolute Gasteiger partial charge is 0.311 e. The van der Waals surface area contributed by atoms with Crippen molar-refractivity contribution in [2.24, 2.45) is 11.8 Å². The average Bonchev–Trinajstić information content (AvgIpc) is 2.74. The molecular weight excluding hydrogens is 264 g/mol. The van der Waals surface area contributed by atoms with E-state index < -0.39 is 0 Å². The molecule has 1 aromatic rings. The molecule has 2 heterocycles. The molecule has 1 aromatic heterocycles. The van der Waals surface area contributed by atoms with Gasteiger partial charge in [0.1, 0.15) is 0 Å². The van der Waals surface area contributed by atoms with Gasteiger partial charge in [-0.2, -0.15) is 0 Å². The van der Waals surface area contributed by atoms with E-state index >= 15 is 0 Å². The highest BCUT2D eigenvalue weighted by Crippen LogP contribution is 2.24. The van der Waals surface area contributed by atoms with E-state index in [0.717, 1.165) is 19.0 Å². The molecule has 1 saturated heterocycles. The van der Waals surface area contributed by atoms with Gasteiger partial charge in [-0.1, -0.05) is 27.7 Å². The molecule has 1 aliphatic rings. The molecule has 2 rings (SSSR count). The smallest absolute Gasteiger partial charge is 0.0334 e. The fourth-order valence-electron chi connectivity index (χ4n) is 3.22. The molecule has 2 unspecified atom stereocenters. The Hall–Kier alpha value is -0.380. The van der Waals surface area contributed by atoms with Gasteiger partial charge in [0.05, 0.1) is 0 Å². The van der Waals surface area contributed by atoms with Gasteiger partial charge in [-0.05, 0) is 42.2 Å². The van der Waals surface area contributed by atoms with Gasteiger partial charge < -0.3 is 5.32 Å². The Labute approximate surface area is 128 Å². The van der Waals surface area contributed by atoms with E-state index in [1.807, 2.05) is 11.3 Å². The second-order valence-corrected chi connectivity index (χ2v) is 8.00. The summed E-state index contributed by atoms with van der Waals surface area (Å²) >= 11 is 1.91. The predicted molar refractivity (Wildman–Crippen MR) is 89.3 cm³/mol. The molecule has 2 atom stereocenters. The summed E-state index contributed by atoms with van der Waals surface area (Å²) < 4.78 is 0. The van der Waals surface area contributed by atoms with Crippen LogP contribution in [0.15, 0.2) is 11.4 Å². The van der Waals surface area contributed by atoms with Crippen molar-refractivity contribution in [3.8, 4) is 0 Å². The first kappa shape index (κ1) is 16.0. The SMILES string of the molecule is Cc1ccsc1CN1CC(CC(C)C)NCC1C(C)C. The third-order valence-corrected chi connectivity index (χ3v) is 5.39. The molecule has 0 aliphatic carbocycles. The van der Waals surface area contributed by atoms with E-state index in [-0.39, 0.29) is 0 Å². The van der Waals surface area contributed by atoms with Gasteiger partial charge in [-0.25, -0.2) is 0 Å². The normalized spacial score (nSPS) is 24.8. The molecule has 1 fully saturated rings. The molecule has 3 heteroatoms. The number of rotatable bonds is 5. The molecule has 0 bridgehead atoms. The zero-order valence-electron chi connectivity index (χ0n) is 13.6. The molecule has 0 spiro atoms. The van der Waals surface area contributed by atoms with Crippen LogP contribution in [0.1, 0.15) is 44.6 Å². The van der Waals surface area contributed by atoms with Crippen molar-refractivity contribution in [2.75, 3.05) is 13.1 Å². The van der Waals surface area contributed by atoms with Crippen LogP contribution in [0.5, 0.6) is 0 Å². The van der Waals surface area contributed by atoms with Gasteiger partial charge in [-0.3, -0.25) is 4.90 Å². The minimum Gasteiger partial charge on any atom is -0.311 e. The number of nitrogens with one attached hydrogen (secondary N) is 1. The lowest BCUT2D eigenvalue weighted by Gasteiger charge is -2.43. The van der Waals surface area contributed by atoms with Gasteiger partial charge in [0.2, 0.25) is 0 Å². The van der Waals surface area contributed by atoms with Gasteiger partial charge in [0, 0.05) is 36.6 Å². The van der Waals surface area contributed by atoms with E-state index in [9.17, 15) is 0 Å². The maximum Gasteiger partial charge on any atom is 0.0334 e. The Balaban J connectivity index is 2.05. The average molecular weight is 295 g/mol. The number of hydrogen-bond donors (Lipinski definition) is 1. The summed E-state index contributed by atoms with van der Waals surface area (Å²) in [6, 6.07) is 3.57. The minimum atomic E-state index is 0.658. The third kappa shape index (κ3) is 4.06. The molecule has 20 heavy (non-hydrogen) atoms. The van der Waals surface area contributed by atoms with Crippen LogP contribution < -0.4 is 5.32 Å². The van der Waals surface area contributed by atoms with Crippen LogP contribution in [0.2, 0.25) is 0 Å². The molecule has 1 N–H and O–H groups in total. The Morgan fingerprint density at radius 1 is 1.35 bits per heavy atom. The lowest BCUT2D eigenvalue weighted by molar-refractivity contribution is 0.0860. The van der Waals surface area contributed by atoms with Crippen LogP contribution in [0, 0.1) is 18.8 Å². The Kier molecular flexibility index (Phi) is 5.65. The van der Waals surface area contributed by atoms with Crippen molar-refractivity contribution in [1.82, 2.24) is 10.2 Å². The second-order valence-electron chi connectivity index (χ2n) is 7.00. The molecule has 1 aliphatic heterocycles. The Morgan fingerprint density at radius 2 is 2.10 bits per heavy atom. The van der Waals surface area contributed by atoms with Crippen LogP contribution >= 0.6 is 11.3 Å². The maximum atomic E-state index is 3.77. The third-order valence-electron chi connectivity index (χ3n) is 4.38. The fraction of sp³-hybridized carbons (Fsp3) is 0.765. The lowest BCUT2D eigenvalue weighted by atomic mass is 9.95. The summed E-state index contributed by atoms with van der Waals surface area (Å²) in [6.07, 6.45) is 1.28. The van der Waals surface area contributed by atoms with Crippen LogP contribution in [0.3, 0.4) is 0 Å². The van der Waals surface area contributed by atoms with Gasteiger partial charge in [0.15, 0.2) is 0 Å². The highest BCUT2D eigenvalue weighted by Gasteiger charge is 2.30. The van der Waals surface area contributed by atoms with Crippen molar-refractivity contribution < 1.29 is 0 Å². The number of nitrogens with zero attached hydrogens (tertiary/aromatic N) is 1. The van der Waals surface area contributed by atoms with E-state index in [0.29, 0.717) is 18.0 Å². The Bertz CT molecular complexity index is 411. The van der Waals surface area contributed by atoms with Crippen LogP contribution in [-0.2, 0) is 6.54 Å². The van der Waals surface area contributed by atoms with Gasteiger partial charge in [0.25, 0.3) is 0 Å². The molecule has 0 saturated carbocycles. The first-order valence-electron chi connectivity index (χ1n) is 7.97. The molecule has 114 valence electrons. The van der Waals surface area contributed by atoms with E-state index in [2.05, 4.69) is 56.3 Å². The zero-order valence-corrected chi connectivity index (χ0v) is 14.5. The van der Waals surface area contributed by atoms with Gasteiger partial charge in [-0.15, -0.1) is 11.3 Å². The van der Waals surface area contributed by atoms with E-state index in [1.165, 1.54) is 18.5 Å². The predicted octanol–water partition coefficient (Wildman–Crippen LogP) is 3.90. The van der Waals surface area contributed by atoms with Crippen molar-refractivity contribution in [3.63, 3.8) is 0 Å². The van der Waals surface area contributed by atoms with Crippen molar-refractivity contribution in [3.05, 3.63) is 21.9 Å². The van der Waals surface area contributed by atoms with Gasteiger partial charge >= 0.3 is 0 Å². The van der Waals surface area contributed by atoms with Crippen LogP contribution in [0.25, 0.3) is 0 Å². The highest BCUT2D eigenvalue weighted by atomic mass is 32.1. The number of hydrogen-bond acceptors (Lipinski definition) is 3. The van der Waals surface area contributed by atoms with Crippen LogP contribution in [-0.4, -0.2) is 30.1 Å². The first-order valence-corrected chi connectivity index (χ1v) is 8.85. The number of aryl methyl sites for hydroxylation is 1.